The van der Waals surface area contributed by atoms with Gasteiger partial charge < -0.3 is 5.32 Å². The number of anilines is 1. The van der Waals surface area contributed by atoms with E-state index < -0.39 is 17.3 Å². The van der Waals surface area contributed by atoms with Crippen LogP contribution in [-0.2, 0) is 11.3 Å². The molecular formula is C16H15FN4O2. The molecule has 0 aliphatic carbocycles. The molecule has 0 atom stereocenters. The maximum atomic E-state index is 13.2. The SMILES string of the molecule is Cc1ccc(F)cc1NC(=O)Cn1nc(C)c(C)c(C#N)c1=O. The van der Waals surface area contributed by atoms with Gasteiger partial charge in [-0.25, -0.2) is 9.07 Å². The van der Waals surface area contributed by atoms with Gasteiger partial charge >= 0.3 is 0 Å². The third-order valence-corrected chi connectivity index (χ3v) is 3.52. The van der Waals surface area contributed by atoms with Crippen molar-refractivity contribution in [3.05, 3.63) is 56.8 Å². The number of nitriles is 1. The number of aromatic nitrogens is 2. The summed E-state index contributed by atoms with van der Waals surface area (Å²) >= 11 is 0. The number of carbonyl (C=O) groups is 1. The molecule has 0 radical (unpaired) electrons. The lowest BCUT2D eigenvalue weighted by Crippen LogP contribution is -2.32. The zero-order valence-electron chi connectivity index (χ0n) is 13.0. The third kappa shape index (κ3) is 3.43. The molecule has 1 aromatic carbocycles. The molecule has 7 heteroatoms. The first-order valence-corrected chi connectivity index (χ1v) is 6.88. The summed E-state index contributed by atoms with van der Waals surface area (Å²) in [6.07, 6.45) is 0. The van der Waals surface area contributed by atoms with Crippen LogP contribution in [-0.4, -0.2) is 15.7 Å². The van der Waals surface area contributed by atoms with Crippen LogP contribution in [0, 0.1) is 37.9 Å². The minimum Gasteiger partial charge on any atom is -0.324 e. The van der Waals surface area contributed by atoms with E-state index in [0.717, 1.165) is 4.68 Å². The van der Waals surface area contributed by atoms with Crippen LogP contribution in [0.15, 0.2) is 23.0 Å². The lowest BCUT2D eigenvalue weighted by atomic mass is 10.1. The standard InChI is InChI=1S/C16H15FN4O2/c1-9-4-5-12(17)6-14(9)19-15(22)8-21-16(23)13(7-18)10(2)11(3)20-21/h4-6H,8H2,1-3H3,(H,19,22). The molecule has 6 nitrogen and oxygen atoms in total. The number of rotatable bonds is 3. The Morgan fingerprint density at radius 1 is 1.39 bits per heavy atom. The number of benzene rings is 1. The summed E-state index contributed by atoms with van der Waals surface area (Å²) < 4.78 is 14.2. The first-order chi connectivity index (χ1) is 10.8. The second-order valence-electron chi connectivity index (χ2n) is 5.17. The summed E-state index contributed by atoms with van der Waals surface area (Å²) in [6.45, 7) is 4.65. The maximum absolute atomic E-state index is 13.2. The minimum absolute atomic E-state index is 0.0350. The Balaban J connectivity index is 2.28. The van der Waals surface area contributed by atoms with Gasteiger partial charge in [0.1, 0.15) is 24.0 Å². The van der Waals surface area contributed by atoms with E-state index in [4.69, 9.17) is 5.26 Å². The Bertz CT molecular complexity index is 881. The number of nitrogens with zero attached hydrogens (tertiary/aromatic N) is 3. The van der Waals surface area contributed by atoms with Gasteiger partial charge in [0.15, 0.2) is 0 Å². The average Bonchev–Trinajstić information content (AvgIpc) is 2.49. The van der Waals surface area contributed by atoms with Crippen LogP contribution in [0.2, 0.25) is 0 Å². The molecular weight excluding hydrogens is 299 g/mol. The molecule has 0 unspecified atom stereocenters. The molecule has 0 fully saturated rings. The van der Waals surface area contributed by atoms with E-state index in [9.17, 15) is 14.0 Å². The van der Waals surface area contributed by atoms with Crippen LogP contribution < -0.4 is 10.9 Å². The van der Waals surface area contributed by atoms with Gasteiger partial charge in [0.05, 0.1) is 5.69 Å². The highest BCUT2D eigenvalue weighted by molar-refractivity contribution is 5.91. The minimum atomic E-state index is -0.623. The summed E-state index contributed by atoms with van der Waals surface area (Å²) in [6, 6.07) is 5.86. The van der Waals surface area contributed by atoms with Gasteiger partial charge in [0.25, 0.3) is 5.56 Å². The molecule has 23 heavy (non-hydrogen) atoms. The van der Waals surface area contributed by atoms with Crippen molar-refractivity contribution in [1.82, 2.24) is 9.78 Å². The van der Waals surface area contributed by atoms with E-state index in [1.165, 1.54) is 12.1 Å². The fourth-order valence-corrected chi connectivity index (χ4v) is 2.07. The number of carbonyl (C=O) groups excluding carboxylic acids is 1. The number of aryl methyl sites for hydroxylation is 2. The van der Waals surface area contributed by atoms with Crippen molar-refractivity contribution in [3.8, 4) is 6.07 Å². The summed E-state index contributed by atoms with van der Waals surface area (Å²) in [5.74, 6) is -1.00. The van der Waals surface area contributed by atoms with E-state index in [-0.39, 0.29) is 12.1 Å². The fraction of sp³-hybridized carbons (Fsp3) is 0.250. The molecule has 0 spiro atoms. The molecule has 0 bridgehead atoms. The Hall–Kier alpha value is -3.01. The summed E-state index contributed by atoms with van der Waals surface area (Å²) in [5, 5.41) is 15.6. The highest BCUT2D eigenvalue weighted by Crippen LogP contribution is 2.15. The van der Waals surface area contributed by atoms with Gasteiger partial charge in [-0.2, -0.15) is 10.4 Å². The Kier molecular flexibility index (Phi) is 4.55. The van der Waals surface area contributed by atoms with Crippen molar-refractivity contribution in [2.45, 2.75) is 27.3 Å². The van der Waals surface area contributed by atoms with E-state index >= 15 is 0 Å². The van der Waals surface area contributed by atoms with Crippen molar-refractivity contribution in [2.75, 3.05) is 5.32 Å². The smallest absolute Gasteiger partial charge is 0.285 e. The van der Waals surface area contributed by atoms with Crippen LogP contribution in [0.25, 0.3) is 0 Å². The average molecular weight is 314 g/mol. The molecule has 0 saturated carbocycles. The second kappa shape index (κ2) is 6.40. The number of nitrogens with one attached hydrogen (secondary N) is 1. The molecule has 118 valence electrons. The zero-order chi connectivity index (χ0) is 17.1. The van der Waals surface area contributed by atoms with Crippen molar-refractivity contribution in [2.24, 2.45) is 0 Å². The summed E-state index contributed by atoms with van der Waals surface area (Å²) in [5.41, 5.74) is 1.35. The lowest BCUT2D eigenvalue weighted by molar-refractivity contribution is -0.117. The molecule has 2 aromatic rings. The molecule has 1 heterocycles. The van der Waals surface area contributed by atoms with Crippen molar-refractivity contribution in [3.63, 3.8) is 0 Å². The fourth-order valence-electron chi connectivity index (χ4n) is 2.07. The number of hydrogen-bond donors (Lipinski definition) is 1. The van der Waals surface area contributed by atoms with Gasteiger partial charge in [-0.3, -0.25) is 9.59 Å². The van der Waals surface area contributed by atoms with Crippen LogP contribution >= 0.6 is 0 Å². The van der Waals surface area contributed by atoms with E-state index in [2.05, 4.69) is 10.4 Å². The van der Waals surface area contributed by atoms with Gasteiger partial charge in [-0.1, -0.05) is 6.07 Å². The largest absolute Gasteiger partial charge is 0.324 e. The Labute approximate surface area is 132 Å². The quantitative estimate of drug-likeness (QED) is 0.936. The highest BCUT2D eigenvalue weighted by atomic mass is 19.1. The van der Waals surface area contributed by atoms with E-state index in [1.807, 2.05) is 6.07 Å². The highest BCUT2D eigenvalue weighted by Gasteiger charge is 2.14. The molecule has 2 rings (SSSR count). The normalized spacial score (nSPS) is 10.2. The van der Waals surface area contributed by atoms with Crippen molar-refractivity contribution < 1.29 is 9.18 Å². The molecule has 0 aliphatic heterocycles. The lowest BCUT2D eigenvalue weighted by Gasteiger charge is -2.11. The van der Waals surface area contributed by atoms with Gasteiger partial charge in [0.2, 0.25) is 5.91 Å². The molecule has 1 amide bonds. The van der Waals surface area contributed by atoms with Gasteiger partial charge in [-0.05, 0) is 44.0 Å². The first kappa shape index (κ1) is 16.4. The molecule has 1 N–H and O–H groups in total. The van der Waals surface area contributed by atoms with E-state index in [1.54, 1.807) is 26.8 Å². The summed E-state index contributed by atoms with van der Waals surface area (Å²) in [4.78, 5) is 24.2. The molecule has 0 aliphatic rings. The van der Waals surface area contributed by atoms with Crippen molar-refractivity contribution >= 4 is 11.6 Å². The Morgan fingerprint density at radius 2 is 2.09 bits per heavy atom. The first-order valence-electron chi connectivity index (χ1n) is 6.88. The Morgan fingerprint density at radius 3 is 2.74 bits per heavy atom. The number of hydrogen-bond acceptors (Lipinski definition) is 4. The second-order valence-corrected chi connectivity index (χ2v) is 5.17. The van der Waals surface area contributed by atoms with Crippen LogP contribution in [0.4, 0.5) is 10.1 Å². The number of amides is 1. The van der Waals surface area contributed by atoms with Crippen LogP contribution in [0.5, 0.6) is 0 Å². The molecule has 1 aromatic heterocycles. The van der Waals surface area contributed by atoms with E-state index in [0.29, 0.717) is 22.5 Å². The topological polar surface area (TPSA) is 87.8 Å². The number of halogens is 1. The van der Waals surface area contributed by atoms with Crippen molar-refractivity contribution in [1.29, 1.82) is 5.26 Å². The maximum Gasteiger partial charge on any atom is 0.285 e. The predicted octanol–water partition coefficient (Wildman–Crippen LogP) is 1.82. The summed E-state index contributed by atoms with van der Waals surface area (Å²) in [7, 11) is 0. The predicted molar refractivity (Wildman–Crippen MR) is 82.5 cm³/mol. The van der Waals surface area contributed by atoms with Gasteiger partial charge in [-0.15, -0.1) is 0 Å². The van der Waals surface area contributed by atoms with Crippen LogP contribution in [0.1, 0.15) is 22.4 Å². The molecule has 0 saturated heterocycles. The monoisotopic (exact) mass is 314 g/mol. The van der Waals surface area contributed by atoms with Gasteiger partial charge in [0, 0.05) is 5.69 Å². The third-order valence-electron chi connectivity index (χ3n) is 3.52. The van der Waals surface area contributed by atoms with Crippen LogP contribution in [0.3, 0.4) is 0 Å². The zero-order valence-corrected chi connectivity index (χ0v) is 13.0.